The summed E-state index contributed by atoms with van der Waals surface area (Å²) in [6, 6.07) is 5.32. The first-order valence-corrected chi connectivity index (χ1v) is 7.84. The largest absolute Gasteiger partial charge is 0.284 e. The van der Waals surface area contributed by atoms with E-state index in [1.807, 2.05) is 12.1 Å². The molecule has 0 amide bonds. The molecule has 0 spiro atoms. The minimum atomic E-state index is -0.292. The summed E-state index contributed by atoms with van der Waals surface area (Å²) in [5.41, 5.74) is 0.215. The zero-order valence-electron chi connectivity index (χ0n) is 10.3. The number of nitro benzene ring substituents is 1. The molecule has 1 aliphatic rings. The van der Waals surface area contributed by atoms with Gasteiger partial charge in [0.05, 0.1) is 9.82 Å². The van der Waals surface area contributed by atoms with Crippen molar-refractivity contribution < 1.29 is 4.92 Å². The Morgan fingerprint density at radius 3 is 2.89 bits per heavy atom. The van der Waals surface area contributed by atoms with Crippen LogP contribution in [0.15, 0.2) is 27.6 Å². The SMILES string of the molecule is CC1CCCC(Sc2ccc(Br)cc2[N+](=O)[O-])C1. The van der Waals surface area contributed by atoms with Crippen molar-refractivity contribution >= 4 is 33.4 Å². The number of rotatable bonds is 3. The molecule has 1 aliphatic carbocycles. The predicted octanol–water partition coefficient (Wildman–Crippen LogP) is 5.03. The van der Waals surface area contributed by atoms with Gasteiger partial charge in [-0.2, -0.15) is 0 Å². The molecule has 0 radical (unpaired) electrons. The lowest BCUT2D eigenvalue weighted by molar-refractivity contribution is -0.387. The van der Waals surface area contributed by atoms with Gasteiger partial charge in [0.25, 0.3) is 5.69 Å². The summed E-state index contributed by atoms with van der Waals surface area (Å²) >= 11 is 4.96. The first kappa shape index (κ1) is 13.9. The lowest BCUT2D eigenvalue weighted by Crippen LogP contribution is -2.15. The minimum absolute atomic E-state index is 0.215. The van der Waals surface area contributed by atoms with Crippen molar-refractivity contribution in [1.29, 1.82) is 0 Å². The first-order valence-electron chi connectivity index (χ1n) is 6.17. The zero-order valence-corrected chi connectivity index (χ0v) is 12.7. The molecule has 3 nitrogen and oxygen atoms in total. The number of benzene rings is 1. The first-order chi connectivity index (χ1) is 8.56. The van der Waals surface area contributed by atoms with E-state index in [9.17, 15) is 10.1 Å². The zero-order chi connectivity index (χ0) is 13.1. The number of halogens is 1. The highest BCUT2D eigenvalue weighted by atomic mass is 79.9. The molecule has 0 bridgehead atoms. The monoisotopic (exact) mass is 329 g/mol. The van der Waals surface area contributed by atoms with Crippen LogP contribution in [0, 0.1) is 16.0 Å². The van der Waals surface area contributed by atoms with Gasteiger partial charge in [0, 0.05) is 15.8 Å². The van der Waals surface area contributed by atoms with Crippen molar-refractivity contribution in [1.82, 2.24) is 0 Å². The molecule has 0 aliphatic heterocycles. The standard InChI is InChI=1S/C13H16BrNO2S/c1-9-3-2-4-11(7-9)18-13-6-5-10(14)8-12(13)15(16)17/h5-6,8-9,11H,2-4,7H2,1H3. The van der Waals surface area contributed by atoms with E-state index in [4.69, 9.17) is 0 Å². The van der Waals surface area contributed by atoms with Crippen molar-refractivity contribution in [3.63, 3.8) is 0 Å². The number of nitro groups is 1. The van der Waals surface area contributed by atoms with E-state index in [1.54, 1.807) is 17.8 Å². The van der Waals surface area contributed by atoms with E-state index < -0.39 is 0 Å². The third-order valence-corrected chi connectivity index (χ3v) is 5.15. The second-order valence-corrected chi connectivity index (χ2v) is 7.14. The molecule has 2 unspecified atom stereocenters. The van der Waals surface area contributed by atoms with Gasteiger partial charge < -0.3 is 0 Å². The highest BCUT2D eigenvalue weighted by molar-refractivity contribution is 9.10. The minimum Gasteiger partial charge on any atom is -0.258 e. The molecule has 18 heavy (non-hydrogen) atoms. The van der Waals surface area contributed by atoms with Gasteiger partial charge in [0.1, 0.15) is 0 Å². The summed E-state index contributed by atoms with van der Waals surface area (Å²) in [7, 11) is 0. The van der Waals surface area contributed by atoms with Crippen LogP contribution in [0.3, 0.4) is 0 Å². The molecule has 1 fully saturated rings. The Bertz CT molecular complexity index is 453. The summed E-state index contributed by atoms with van der Waals surface area (Å²) in [5, 5.41) is 11.6. The van der Waals surface area contributed by atoms with Crippen LogP contribution < -0.4 is 0 Å². The number of thioether (sulfide) groups is 1. The molecule has 2 atom stereocenters. The summed E-state index contributed by atoms with van der Waals surface area (Å²) < 4.78 is 0.760. The quantitative estimate of drug-likeness (QED) is 0.577. The molecule has 1 aromatic carbocycles. The van der Waals surface area contributed by atoms with E-state index in [-0.39, 0.29) is 10.6 Å². The van der Waals surface area contributed by atoms with Crippen molar-refractivity contribution in [3.8, 4) is 0 Å². The molecule has 98 valence electrons. The topological polar surface area (TPSA) is 43.1 Å². The van der Waals surface area contributed by atoms with Crippen LogP contribution in [-0.4, -0.2) is 10.2 Å². The summed E-state index contributed by atoms with van der Waals surface area (Å²) in [5.74, 6) is 0.741. The average molecular weight is 330 g/mol. The van der Waals surface area contributed by atoms with Crippen molar-refractivity contribution in [3.05, 3.63) is 32.8 Å². The summed E-state index contributed by atoms with van der Waals surface area (Å²) in [6.07, 6.45) is 4.86. The maximum Gasteiger partial charge on any atom is 0.284 e. The Morgan fingerprint density at radius 1 is 1.44 bits per heavy atom. The third kappa shape index (κ3) is 3.48. The normalized spacial score (nSPS) is 23.9. The van der Waals surface area contributed by atoms with Gasteiger partial charge in [0.15, 0.2) is 0 Å². The van der Waals surface area contributed by atoms with Gasteiger partial charge in [-0.15, -0.1) is 11.8 Å². The highest BCUT2D eigenvalue weighted by Crippen LogP contribution is 2.40. The number of nitrogens with zero attached hydrogens (tertiary/aromatic N) is 1. The van der Waals surface area contributed by atoms with Crippen LogP contribution >= 0.6 is 27.7 Å². The Hall–Kier alpha value is -0.550. The molecule has 0 heterocycles. The molecule has 0 N–H and O–H groups in total. The van der Waals surface area contributed by atoms with Gasteiger partial charge in [-0.3, -0.25) is 10.1 Å². The van der Waals surface area contributed by atoms with Crippen LogP contribution in [0.2, 0.25) is 0 Å². The fourth-order valence-electron chi connectivity index (χ4n) is 2.40. The Balaban J connectivity index is 2.15. The Kier molecular flexibility index (Phi) is 4.67. The van der Waals surface area contributed by atoms with Gasteiger partial charge in [0.2, 0.25) is 0 Å². The van der Waals surface area contributed by atoms with E-state index in [0.29, 0.717) is 5.25 Å². The predicted molar refractivity (Wildman–Crippen MR) is 78.1 cm³/mol. The molecule has 1 saturated carbocycles. The smallest absolute Gasteiger partial charge is 0.258 e. The van der Waals surface area contributed by atoms with Crippen molar-refractivity contribution in [2.45, 2.75) is 42.8 Å². The molecule has 2 rings (SSSR count). The Labute approximate surface area is 120 Å². The van der Waals surface area contributed by atoms with Crippen LogP contribution in [-0.2, 0) is 0 Å². The highest BCUT2D eigenvalue weighted by Gasteiger charge is 2.23. The molecule has 5 heteroatoms. The fraction of sp³-hybridized carbons (Fsp3) is 0.538. The van der Waals surface area contributed by atoms with Gasteiger partial charge in [-0.05, 0) is 30.9 Å². The van der Waals surface area contributed by atoms with Crippen molar-refractivity contribution in [2.75, 3.05) is 0 Å². The van der Waals surface area contributed by atoms with E-state index in [2.05, 4.69) is 22.9 Å². The fourth-order valence-corrected chi connectivity index (χ4v) is 4.22. The summed E-state index contributed by atoms with van der Waals surface area (Å²) in [6.45, 7) is 2.27. The van der Waals surface area contributed by atoms with Crippen LogP contribution in [0.25, 0.3) is 0 Å². The molecular weight excluding hydrogens is 314 g/mol. The lowest BCUT2D eigenvalue weighted by Gasteiger charge is -2.26. The average Bonchev–Trinajstić information content (AvgIpc) is 2.31. The van der Waals surface area contributed by atoms with E-state index in [0.717, 1.165) is 21.7 Å². The van der Waals surface area contributed by atoms with Gasteiger partial charge >= 0.3 is 0 Å². The van der Waals surface area contributed by atoms with Crippen LogP contribution in [0.4, 0.5) is 5.69 Å². The maximum atomic E-state index is 11.1. The van der Waals surface area contributed by atoms with Crippen LogP contribution in [0.1, 0.15) is 32.6 Å². The second-order valence-electron chi connectivity index (χ2n) is 4.88. The van der Waals surface area contributed by atoms with Gasteiger partial charge in [-0.1, -0.05) is 35.7 Å². The van der Waals surface area contributed by atoms with E-state index >= 15 is 0 Å². The molecule has 0 aromatic heterocycles. The lowest BCUT2D eigenvalue weighted by atomic mass is 9.91. The number of hydrogen-bond acceptors (Lipinski definition) is 3. The van der Waals surface area contributed by atoms with Gasteiger partial charge in [-0.25, -0.2) is 0 Å². The second kappa shape index (κ2) is 6.06. The molecule has 1 aromatic rings. The maximum absolute atomic E-state index is 11.1. The van der Waals surface area contributed by atoms with Crippen molar-refractivity contribution in [2.24, 2.45) is 5.92 Å². The molecule has 0 saturated heterocycles. The van der Waals surface area contributed by atoms with E-state index in [1.165, 1.54) is 19.3 Å². The summed E-state index contributed by atoms with van der Waals surface area (Å²) in [4.78, 5) is 11.6. The Morgan fingerprint density at radius 2 is 2.22 bits per heavy atom. The third-order valence-electron chi connectivity index (χ3n) is 3.30. The molecular formula is C13H16BrNO2S. The number of hydrogen-bond donors (Lipinski definition) is 0. The van der Waals surface area contributed by atoms with Crippen LogP contribution in [0.5, 0.6) is 0 Å².